The minimum atomic E-state index is -1.18. The van der Waals surface area contributed by atoms with E-state index in [2.05, 4.69) is 10.4 Å². The molecule has 0 aliphatic heterocycles. The molecule has 0 aliphatic carbocycles. The van der Waals surface area contributed by atoms with Gasteiger partial charge in [0.05, 0.1) is 30.2 Å². The summed E-state index contributed by atoms with van der Waals surface area (Å²) in [6, 6.07) is 22.8. The molecule has 0 saturated carbocycles. The smallest absolute Gasteiger partial charge is 0.432 e. The molecule has 11 heteroatoms. The van der Waals surface area contributed by atoms with Gasteiger partial charge in [-0.3, -0.25) is 0 Å². The number of ether oxygens (including phenoxy) is 2. The molecule has 2 heterocycles. The highest BCUT2D eigenvalue weighted by Crippen LogP contribution is 2.37. The predicted molar refractivity (Wildman–Crippen MR) is 160 cm³/mol. The zero-order chi connectivity index (χ0) is 29.2. The van der Waals surface area contributed by atoms with Gasteiger partial charge < -0.3 is 19.9 Å². The highest BCUT2D eigenvalue weighted by Gasteiger charge is 2.17. The van der Waals surface area contributed by atoms with E-state index in [0.717, 1.165) is 10.2 Å². The number of fused-ring (bicyclic) bond motifs is 2. The van der Waals surface area contributed by atoms with Crippen molar-refractivity contribution in [2.45, 2.75) is 0 Å². The third kappa shape index (κ3) is 5.15. The average Bonchev–Trinajstić information content (AvgIpc) is 3.43. The fourth-order valence-electron chi connectivity index (χ4n) is 4.69. The minimum Gasteiger partial charge on any atom is -0.493 e. The summed E-state index contributed by atoms with van der Waals surface area (Å²) >= 11 is 5.85. The molecule has 2 aromatic heterocycles. The van der Waals surface area contributed by atoms with Gasteiger partial charge in [0, 0.05) is 33.7 Å². The molecule has 4 aromatic carbocycles. The molecule has 42 heavy (non-hydrogen) atoms. The summed E-state index contributed by atoms with van der Waals surface area (Å²) < 4.78 is 27.6. The van der Waals surface area contributed by atoms with Crippen molar-refractivity contribution in [3.8, 4) is 34.0 Å². The van der Waals surface area contributed by atoms with Crippen molar-refractivity contribution in [2.75, 3.05) is 24.9 Å². The van der Waals surface area contributed by atoms with E-state index in [9.17, 15) is 9.90 Å². The van der Waals surface area contributed by atoms with Crippen molar-refractivity contribution in [3.05, 3.63) is 90.9 Å². The van der Waals surface area contributed by atoms with E-state index in [1.165, 1.54) is 19.4 Å². The number of nitrogens with one attached hydrogen (secondary N) is 1. The third-order valence-corrected chi connectivity index (χ3v) is 6.79. The molecule has 9 nitrogen and oxygen atoms in total. The van der Waals surface area contributed by atoms with Gasteiger partial charge in [0.15, 0.2) is 17.3 Å². The molecule has 0 amide bonds. The topological polar surface area (TPSA) is 111 Å². The van der Waals surface area contributed by atoms with E-state index in [4.69, 9.17) is 31.0 Å². The Morgan fingerprint density at radius 1 is 1.00 bits per heavy atom. The maximum absolute atomic E-state index is 15.3. The van der Waals surface area contributed by atoms with Gasteiger partial charge in [-0.05, 0) is 35.9 Å². The van der Waals surface area contributed by atoms with Gasteiger partial charge in [-0.1, -0.05) is 42.5 Å². The number of carboxylic acid groups (broad SMARTS) is 1. The molecule has 0 unspecified atom stereocenters. The molecule has 0 aliphatic rings. The van der Waals surface area contributed by atoms with E-state index >= 15 is 4.39 Å². The lowest BCUT2D eigenvalue weighted by molar-refractivity contribution is 0.194. The lowest BCUT2D eigenvalue weighted by Crippen LogP contribution is -2.08. The molecule has 210 valence electrons. The lowest BCUT2D eigenvalue weighted by atomic mass is 10.0. The monoisotopic (exact) mass is 583 g/mol. The molecule has 0 spiro atoms. The van der Waals surface area contributed by atoms with E-state index in [0.29, 0.717) is 61.8 Å². The Kier molecular flexibility index (Phi) is 7.28. The first-order valence-electron chi connectivity index (χ1n) is 12.9. The minimum absolute atomic E-state index is 0.266. The Morgan fingerprint density at radius 2 is 1.83 bits per heavy atom. The number of hydrogen-bond donors (Lipinski definition) is 2. The van der Waals surface area contributed by atoms with Gasteiger partial charge >= 0.3 is 6.09 Å². The molecular formula is C31H23ClFN5O4. The van der Waals surface area contributed by atoms with Crippen molar-refractivity contribution in [3.63, 3.8) is 0 Å². The van der Waals surface area contributed by atoms with Crippen molar-refractivity contribution >= 4 is 51.0 Å². The molecule has 6 aromatic rings. The molecule has 0 saturated heterocycles. The number of nitrogens with zero attached hydrogens (tertiary/aromatic N) is 4. The highest BCUT2D eigenvalue weighted by atomic mass is 35.5. The third-order valence-electron chi connectivity index (χ3n) is 6.64. The molecule has 0 fully saturated rings. The van der Waals surface area contributed by atoms with Gasteiger partial charge in [-0.2, -0.15) is 9.78 Å². The Bertz CT molecular complexity index is 1950. The second-order valence-electron chi connectivity index (χ2n) is 9.25. The average molecular weight is 584 g/mol. The summed E-state index contributed by atoms with van der Waals surface area (Å²) in [5.74, 6) is 1.51. The largest absolute Gasteiger partial charge is 0.493 e. The van der Waals surface area contributed by atoms with Crippen LogP contribution in [0, 0.1) is 5.82 Å². The summed E-state index contributed by atoms with van der Waals surface area (Å²) in [5.41, 5.74) is 3.32. The van der Waals surface area contributed by atoms with Gasteiger partial charge in [-0.25, -0.2) is 19.2 Å². The molecule has 0 radical (unpaired) electrons. The first-order chi connectivity index (χ1) is 20.4. The second kappa shape index (κ2) is 11.3. The van der Waals surface area contributed by atoms with Gasteiger partial charge in [0.1, 0.15) is 18.2 Å². The highest BCUT2D eigenvalue weighted by molar-refractivity contribution is 6.18. The Morgan fingerprint density at radius 3 is 2.57 bits per heavy atom. The van der Waals surface area contributed by atoms with Crippen LogP contribution in [0.25, 0.3) is 44.3 Å². The van der Waals surface area contributed by atoms with Gasteiger partial charge in [-0.15, -0.1) is 11.6 Å². The number of halogens is 2. The number of anilines is 2. The normalized spacial score (nSPS) is 11.1. The van der Waals surface area contributed by atoms with Crippen LogP contribution in [-0.4, -0.2) is 50.5 Å². The molecule has 0 atom stereocenters. The van der Waals surface area contributed by atoms with E-state index in [-0.39, 0.29) is 12.5 Å². The van der Waals surface area contributed by atoms with Gasteiger partial charge in [0.25, 0.3) is 0 Å². The van der Waals surface area contributed by atoms with E-state index in [1.54, 1.807) is 42.5 Å². The SMILES string of the molecule is COc1cc2nc(-c3ccc(-c4ccccc4)c(F)c3)nc(Nc3ccc4c(cnn4C(=O)O)c3)c2cc1OCCCl. The van der Waals surface area contributed by atoms with Crippen molar-refractivity contribution < 1.29 is 23.8 Å². The fourth-order valence-corrected chi connectivity index (χ4v) is 4.76. The quantitative estimate of drug-likeness (QED) is 0.179. The number of carbonyl (C=O) groups is 1. The summed E-state index contributed by atoms with van der Waals surface area (Å²) in [6.45, 7) is 0.266. The maximum Gasteiger partial charge on any atom is 0.432 e. The van der Waals surface area contributed by atoms with Gasteiger partial charge in [0.2, 0.25) is 0 Å². The first kappa shape index (κ1) is 27.0. The van der Waals surface area contributed by atoms with Crippen molar-refractivity contribution in [2.24, 2.45) is 0 Å². The van der Waals surface area contributed by atoms with Crippen LogP contribution in [0.2, 0.25) is 0 Å². The molecular weight excluding hydrogens is 561 g/mol. The number of hydrogen-bond acceptors (Lipinski definition) is 7. The first-order valence-corrected chi connectivity index (χ1v) is 13.4. The van der Waals surface area contributed by atoms with Crippen LogP contribution in [0.4, 0.5) is 20.7 Å². The van der Waals surface area contributed by atoms with Crippen LogP contribution in [-0.2, 0) is 0 Å². The molecule has 6 rings (SSSR count). The second-order valence-corrected chi connectivity index (χ2v) is 9.63. The molecule has 0 bridgehead atoms. The standard InChI is InChI=1S/C31H23ClFN5O4/c1-41-27-16-25-23(15-28(27)42-12-11-32)30(35-21-8-10-26-20(13-21)17-34-38(26)31(39)40)37-29(36-25)19-7-9-22(24(33)14-19)18-5-3-2-4-6-18/h2-10,13-17H,11-12H2,1H3,(H,39,40)(H,35,36,37). The van der Waals surface area contributed by atoms with Crippen LogP contribution in [0.3, 0.4) is 0 Å². The van der Waals surface area contributed by atoms with Crippen LogP contribution in [0.5, 0.6) is 11.5 Å². The summed E-state index contributed by atoms with van der Waals surface area (Å²) in [5, 5.41) is 17.8. The van der Waals surface area contributed by atoms with Crippen molar-refractivity contribution in [1.82, 2.24) is 19.7 Å². The van der Waals surface area contributed by atoms with Crippen LogP contribution in [0.1, 0.15) is 0 Å². The predicted octanol–water partition coefficient (Wildman–Crippen LogP) is 7.35. The Labute approximate surface area is 244 Å². The maximum atomic E-state index is 15.3. The zero-order valence-corrected chi connectivity index (χ0v) is 23.0. The summed E-state index contributed by atoms with van der Waals surface area (Å²) in [4.78, 5) is 21.0. The number of methoxy groups -OCH3 is 1. The van der Waals surface area contributed by atoms with Crippen molar-refractivity contribution in [1.29, 1.82) is 0 Å². The number of aromatic nitrogens is 4. The van der Waals surface area contributed by atoms with Crippen LogP contribution in [0.15, 0.2) is 85.1 Å². The zero-order valence-electron chi connectivity index (χ0n) is 22.2. The Balaban J connectivity index is 1.48. The summed E-state index contributed by atoms with van der Waals surface area (Å²) in [6.07, 6.45) is 0.291. The number of alkyl halides is 1. The Hall–Kier alpha value is -5.22. The number of benzene rings is 4. The van der Waals surface area contributed by atoms with E-state index < -0.39 is 11.9 Å². The van der Waals surface area contributed by atoms with Crippen LogP contribution < -0.4 is 14.8 Å². The molecule has 2 N–H and O–H groups in total. The summed E-state index contributed by atoms with van der Waals surface area (Å²) in [7, 11) is 1.53. The number of rotatable bonds is 8. The van der Waals surface area contributed by atoms with E-state index in [1.807, 2.05) is 30.3 Å². The lowest BCUT2D eigenvalue weighted by Gasteiger charge is -2.15. The van der Waals surface area contributed by atoms with Crippen LogP contribution >= 0.6 is 11.6 Å². The fraction of sp³-hybridized carbons (Fsp3) is 0.0968.